The Labute approximate surface area is 104 Å². The Morgan fingerprint density at radius 2 is 2.12 bits per heavy atom. The monoisotopic (exact) mass is 242 g/mol. The molecule has 1 aliphatic heterocycles. The number of amides is 1. The van der Waals surface area contributed by atoms with Gasteiger partial charge in [-0.1, -0.05) is 20.8 Å². The molecule has 3 N–H and O–H groups in total. The molecule has 0 bridgehead atoms. The quantitative estimate of drug-likeness (QED) is 0.704. The van der Waals surface area contributed by atoms with Gasteiger partial charge in [0.25, 0.3) is 0 Å². The van der Waals surface area contributed by atoms with Crippen molar-refractivity contribution in [3.63, 3.8) is 0 Å². The van der Waals surface area contributed by atoms with Gasteiger partial charge in [0.15, 0.2) is 0 Å². The van der Waals surface area contributed by atoms with E-state index in [1.165, 1.54) is 0 Å². The first-order valence-corrected chi connectivity index (χ1v) is 6.50. The fraction of sp³-hybridized carbons (Fsp3) is 0.923. The van der Waals surface area contributed by atoms with Crippen molar-refractivity contribution in [1.82, 2.24) is 5.32 Å². The van der Waals surface area contributed by atoms with Crippen molar-refractivity contribution in [2.75, 3.05) is 26.3 Å². The van der Waals surface area contributed by atoms with E-state index in [0.29, 0.717) is 31.3 Å². The predicted molar refractivity (Wildman–Crippen MR) is 68.6 cm³/mol. The lowest BCUT2D eigenvalue weighted by molar-refractivity contribution is -0.127. The third-order valence-electron chi connectivity index (χ3n) is 3.23. The standard InChI is InChI=1S/C13H26N2O2/c1-10(2)4-11(6-14)5-12(16)15-7-13(3)8-17-9-13/h10-11H,4-9,14H2,1-3H3,(H,15,16)/t11-/m0/s1. The largest absolute Gasteiger partial charge is 0.380 e. The van der Waals surface area contributed by atoms with Crippen molar-refractivity contribution >= 4 is 5.91 Å². The van der Waals surface area contributed by atoms with Crippen LogP contribution in [-0.2, 0) is 9.53 Å². The molecule has 0 aromatic heterocycles. The van der Waals surface area contributed by atoms with E-state index in [9.17, 15) is 4.79 Å². The van der Waals surface area contributed by atoms with Gasteiger partial charge in [-0.3, -0.25) is 4.79 Å². The summed E-state index contributed by atoms with van der Waals surface area (Å²) < 4.78 is 5.15. The summed E-state index contributed by atoms with van der Waals surface area (Å²) in [7, 11) is 0. The van der Waals surface area contributed by atoms with E-state index in [4.69, 9.17) is 10.5 Å². The summed E-state index contributed by atoms with van der Waals surface area (Å²) in [6, 6.07) is 0. The zero-order chi connectivity index (χ0) is 12.9. The molecule has 1 amide bonds. The number of hydrogen-bond acceptors (Lipinski definition) is 3. The summed E-state index contributed by atoms with van der Waals surface area (Å²) in [5.41, 5.74) is 5.83. The summed E-state index contributed by atoms with van der Waals surface area (Å²) >= 11 is 0. The Bertz CT molecular complexity index is 250. The topological polar surface area (TPSA) is 64.4 Å². The first-order valence-electron chi connectivity index (χ1n) is 6.50. The van der Waals surface area contributed by atoms with Crippen LogP contribution in [0.3, 0.4) is 0 Å². The van der Waals surface area contributed by atoms with E-state index in [0.717, 1.165) is 19.6 Å². The molecule has 0 aromatic carbocycles. The van der Waals surface area contributed by atoms with Gasteiger partial charge in [-0.05, 0) is 24.8 Å². The summed E-state index contributed by atoms with van der Waals surface area (Å²) in [4.78, 5) is 11.8. The van der Waals surface area contributed by atoms with E-state index in [1.54, 1.807) is 0 Å². The third kappa shape index (κ3) is 5.04. The van der Waals surface area contributed by atoms with E-state index in [1.807, 2.05) is 0 Å². The fourth-order valence-corrected chi connectivity index (χ4v) is 2.13. The number of rotatable bonds is 7. The van der Waals surface area contributed by atoms with Gasteiger partial charge in [-0.25, -0.2) is 0 Å². The van der Waals surface area contributed by atoms with Crippen LogP contribution in [0.1, 0.15) is 33.6 Å². The second-order valence-electron chi connectivity index (χ2n) is 6.02. The molecule has 0 radical (unpaired) electrons. The highest BCUT2D eigenvalue weighted by Gasteiger charge is 2.33. The lowest BCUT2D eigenvalue weighted by atomic mass is 9.88. The van der Waals surface area contributed by atoms with Crippen molar-refractivity contribution < 1.29 is 9.53 Å². The Kier molecular flexibility index (Phi) is 5.40. The lowest BCUT2D eigenvalue weighted by Crippen LogP contribution is -2.48. The van der Waals surface area contributed by atoms with Gasteiger partial charge in [0.2, 0.25) is 5.91 Å². The van der Waals surface area contributed by atoms with Crippen LogP contribution in [0, 0.1) is 17.3 Å². The van der Waals surface area contributed by atoms with Crippen LogP contribution in [0.15, 0.2) is 0 Å². The van der Waals surface area contributed by atoms with Crippen LogP contribution in [0.2, 0.25) is 0 Å². The van der Waals surface area contributed by atoms with Gasteiger partial charge in [-0.15, -0.1) is 0 Å². The van der Waals surface area contributed by atoms with Gasteiger partial charge >= 0.3 is 0 Å². The maximum absolute atomic E-state index is 11.8. The highest BCUT2D eigenvalue weighted by atomic mass is 16.5. The van der Waals surface area contributed by atoms with Crippen molar-refractivity contribution in [3.8, 4) is 0 Å². The maximum atomic E-state index is 11.8. The Morgan fingerprint density at radius 3 is 2.53 bits per heavy atom. The first-order chi connectivity index (χ1) is 7.95. The molecule has 1 heterocycles. The Hall–Kier alpha value is -0.610. The smallest absolute Gasteiger partial charge is 0.220 e. The van der Waals surface area contributed by atoms with Crippen LogP contribution in [0.4, 0.5) is 0 Å². The highest BCUT2D eigenvalue weighted by molar-refractivity contribution is 5.76. The number of nitrogens with two attached hydrogens (primary N) is 1. The maximum Gasteiger partial charge on any atom is 0.220 e. The van der Waals surface area contributed by atoms with Crippen LogP contribution >= 0.6 is 0 Å². The number of carbonyl (C=O) groups is 1. The average molecular weight is 242 g/mol. The minimum Gasteiger partial charge on any atom is -0.380 e. The number of carbonyl (C=O) groups excluding carboxylic acids is 1. The normalized spacial score (nSPS) is 19.8. The second-order valence-corrected chi connectivity index (χ2v) is 6.02. The molecule has 100 valence electrons. The SMILES string of the molecule is CC(C)C[C@H](CN)CC(=O)NCC1(C)COC1. The fourth-order valence-electron chi connectivity index (χ4n) is 2.13. The predicted octanol–water partition coefficient (Wildman–Crippen LogP) is 1.15. The molecule has 1 rings (SSSR count). The highest BCUT2D eigenvalue weighted by Crippen LogP contribution is 2.25. The van der Waals surface area contributed by atoms with Crippen molar-refractivity contribution in [2.45, 2.75) is 33.6 Å². The molecule has 0 aliphatic carbocycles. The third-order valence-corrected chi connectivity index (χ3v) is 3.23. The van der Waals surface area contributed by atoms with Gasteiger partial charge < -0.3 is 15.8 Å². The molecule has 1 saturated heterocycles. The molecular weight excluding hydrogens is 216 g/mol. The van der Waals surface area contributed by atoms with Crippen LogP contribution in [-0.4, -0.2) is 32.2 Å². The molecule has 4 nitrogen and oxygen atoms in total. The Morgan fingerprint density at radius 1 is 1.47 bits per heavy atom. The second kappa shape index (κ2) is 6.36. The van der Waals surface area contributed by atoms with Gasteiger partial charge in [0.05, 0.1) is 13.2 Å². The molecule has 0 aromatic rings. The van der Waals surface area contributed by atoms with Crippen LogP contribution in [0.5, 0.6) is 0 Å². The van der Waals surface area contributed by atoms with Crippen molar-refractivity contribution in [2.24, 2.45) is 23.0 Å². The lowest BCUT2D eigenvalue weighted by Gasteiger charge is -2.38. The zero-order valence-corrected chi connectivity index (χ0v) is 11.3. The number of ether oxygens (including phenoxy) is 1. The van der Waals surface area contributed by atoms with Gasteiger partial charge in [0, 0.05) is 18.4 Å². The van der Waals surface area contributed by atoms with Crippen molar-refractivity contribution in [3.05, 3.63) is 0 Å². The van der Waals surface area contributed by atoms with E-state index >= 15 is 0 Å². The van der Waals surface area contributed by atoms with Crippen molar-refractivity contribution in [1.29, 1.82) is 0 Å². The summed E-state index contributed by atoms with van der Waals surface area (Å²) in [5, 5.41) is 2.99. The zero-order valence-electron chi connectivity index (χ0n) is 11.3. The first kappa shape index (κ1) is 14.5. The van der Waals surface area contributed by atoms with Gasteiger partial charge in [0.1, 0.15) is 0 Å². The van der Waals surface area contributed by atoms with E-state index in [2.05, 4.69) is 26.1 Å². The number of hydrogen-bond donors (Lipinski definition) is 2. The molecule has 1 atom stereocenters. The molecule has 0 unspecified atom stereocenters. The molecule has 1 fully saturated rings. The Balaban J connectivity index is 2.22. The summed E-state index contributed by atoms with van der Waals surface area (Å²) in [5.74, 6) is 1.02. The van der Waals surface area contributed by atoms with Crippen LogP contribution < -0.4 is 11.1 Å². The molecule has 1 aliphatic rings. The minimum atomic E-state index is 0.120. The molecule has 0 saturated carbocycles. The average Bonchev–Trinajstić information content (AvgIpc) is 2.22. The molecule has 4 heteroatoms. The summed E-state index contributed by atoms with van der Waals surface area (Å²) in [6.07, 6.45) is 1.57. The number of nitrogens with one attached hydrogen (secondary N) is 1. The van der Waals surface area contributed by atoms with E-state index < -0.39 is 0 Å². The molecular formula is C13H26N2O2. The van der Waals surface area contributed by atoms with Gasteiger partial charge in [-0.2, -0.15) is 0 Å². The van der Waals surface area contributed by atoms with E-state index in [-0.39, 0.29) is 11.3 Å². The molecule has 17 heavy (non-hydrogen) atoms. The minimum absolute atomic E-state index is 0.120. The van der Waals surface area contributed by atoms with Crippen LogP contribution in [0.25, 0.3) is 0 Å². The summed E-state index contributed by atoms with van der Waals surface area (Å²) in [6.45, 7) is 9.25. The molecule has 0 spiro atoms.